The molecule has 0 unspecified atom stereocenters. The molecule has 1 amide bonds. The maximum absolute atomic E-state index is 12.4. The molecule has 0 bridgehead atoms. The number of aliphatic carboxylic acids is 1. The number of rotatable bonds is 2. The van der Waals surface area contributed by atoms with Crippen molar-refractivity contribution in [1.82, 2.24) is 0 Å². The van der Waals surface area contributed by atoms with E-state index in [0.717, 1.165) is 36.0 Å². The van der Waals surface area contributed by atoms with Gasteiger partial charge in [-0.2, -0.15) is 13.2 Å². The van der Waals surface area contributed by atoms with Gasteiger partial charge >= 0.3 is 12.1 Å². The first-order chi connectivity index (χ1) is 10.2. The topological polar surface area (TPSA) is 87.0 Å². The summed E-state index contributed by atoms with van der Waals surface area (Å²) in [6.45, 7) is 0. The number of alkyl halides is 3. The monoisotopic (exact) mass is 331 g/mol. The molecule has 0 atom stereocenters. The fourth-order valence-electron chi connectivity index (χ4n) is 1.67. The Labute approximate surface area is 126 Å². The Hall–Kier alpha value is -2.29. The summed E-state index contributed by atoms with van der Waals surface area (Å²) in [5.41, 5.74) is -1.49. The second-order valence-electron chi connectivity index (χ2n) is 4.21. The van der Waals surface area contributed by atoms with Gasteiger partial charge < -0.3 is 10.2 Å². The summed E-state index contributed by atoms with van der Waals surface area (Å²) in [5, 5.41) is 18.1. The van der Waals surface area contributed by atoms with Crippen LogP contribution in [0.25, 0.3) is 0 Å². The predicted molar refractivity (Wildman–Crippen MR) is 73.0 cm³/mol. The molecule has 0 radical (unpaired) electrons. The molecule has 5 nitrogen and oxygen atoms in total. The van der Waals surface area contributed by atoms with Crippen molar-refractivity contribution < 1.29 is 33.0 Å². The van der Waals surface area contributed by atoms with Crippen molar-refractivity contribution in [3.63, 3.8) is 0 Å². The van der Waals surface area contributed by atoms with Gasteiger partial charge in [0.2, 0.25) is 0 Å². The maximum atomic E-state index is 12.4. The number of carbonyl (C=O) groups excluding carboxylic acids is 1. The molecule has 9 heteroatoms. The van der Waals surface area contributed by atoms with E-state index in [1.54, 1.807) is 0 Å². The van der Waals surface area contributed by atoms with Crippen LogP contribution in [-0.4, -0.2) is 32.9 Å². The van der Waals surface area contributed by atoms with Crippen LogP contribution in [0.1, 0.15) is 15.9 Å². The summed E-state index contributed by atoms with van der Waals surface area (Å²) < 4.78 is 37.2. The molecule has 1 heterocycles. The van der Waals surface area contributed by atoms with Gasteiger partial charge in [-0.25, -0.2) is 9.79 Å². The number of hydrogen-bond donors (Lipinski definition) is 2. The van der Waals surface area contributed by atoms with E-state index < -0.39 is 34.9 Å². The number of aliphatic imine (C=N–C) groups is 1. The third-order valence-electron chi connectivity index (χ3n) is 2.72. The molecule has 22 heavy (non-hydrogen) atoms. The Morgan fingerprint density at radius 2 is 1.77 bits per heavy atom. The maximum Gasteiger partial charge on any atom is 0.416 e. The SMILES string of the molecule is O=C(O)C1=C(O)CSC1=NC(=O)c1ccc(C(F)(F)F)cc1. The van der Waals surface area contributed by atoms with Crippen molar-refractivity contribution in [2.75, 3.05) is 5.75 Å². The molecule has 1 aliphatic rings. The van der Waals surface area contributed by atoms with Crippen molar-refractivity contribution in [2.45, 2.75) is 6.18 Å². The van der Waals surface area contributed by atoms with E-state index in [4.69, 9.17) is 5.11 Å². The highest BCUT2D eigenvalue weighted by Crippen LogP contribution is 2.30. The number of amides is 1. The Bertz CT molecular complexity index is 692. The average Bonchev–Trinajstić information content (AvgIpc) is 2.79. The molecular formula is C13H8F3NO4S. The molecular weight excluding hydrogens is 323 g/mol. The van der Waals surface area contributed by atoms with Crippen LogP contribution in [0.15, 0.2) is 40.6 Å². The van der Waals surface area contributed by atoms with Crippen molar-refractivity contribution in [2.24, 2.45) is 4.99 Å². The van der Waals surface area contributed by atoms with Crippen LogP contribution in [0.2, 0.25) is 0 Å². The third kappa shape index (κ3) is 3.30. The smallest absolute Gasteiger partial charge is 0.416 e. The van der Waals surface area contributed by atoms with E-state index in [9.17, 15) is 27.9 Å². The minimum Gasteiger partial charge on any atom is -0.510 e. The van der Waals surface area contributed by atoms with Crippen molar-refractivity contribution in [3.05, 3.63) is 46.7 Å². The quantitative estimate of drug-likeness (QED) is 0.870. The minimum atomic E-state index is -4.51. The lowest BCUT2D eigenvalue weighted by atomic mass is 10.1. The van der Waals surface area contributed by atoms with Gasteiger partial charge in [0.25, 0.3) is 5.91 Å². The number of benzene rings is 1. The van der Waals surface area contributed by atoms with Crippen LogP contribution < -0.4 is 0 Å². The van der Waals surface area contributed by atoms with Crippen LogP contribution in [0.4, 0.5) is 13.2 Å². The number of aliphatic hydroxyl groups is 1. The molecule has 2 rings (SSSR count). The second-order valence-corrected chi connectivity index (χ2v) is 5.18. The number of carboxylic acid groups (broad SMARTS) is 1. The number of carbonyl (C=O) groups is 2. The van der Waals surface area contributed by atoms with Gasteiger partial charge in [0.05, 0.1) is 11.3 Å². The second kappa shape index (κ2) is 5.84. The molecule has 0 fully saturated rings. The first-order valence-corrected chi connectivity index (χ1v) is 6.77. The molecule has 1 aliphatic heterocycles. The van der Waals surface area contributed by atoms with Gasteiger partial charge in [0.15, 0.2) is 0 Å². The lowest BCUT2D eigenvalue weighted by molar-refractivity contribution is -0.137. The van der Waals surface area contributed by atoms with Gasteiger partial charge in [-0.05, 0) is 24.3 Å². The summed E-state index contributed by atoms with van der Waals surface area (Å²) >= 11 is 0.862. The highest BCUT2D eigenvalue weighted by molar-refractivity contribution is 8.15. The number of carboxylic acids is 1. The van der Waals surface area contributed by atoms with E-state index in [1.165, 1.54) is 0 Å². The highest BCUT2D eigenvalue weighted by atomic mass is 32.2. The molecule has 0 saturated carbocycles. The van der Waals surface area contributed by atoms with Crippen molar-refractivity contribution in [3.8, 4) is 0 Å². The Morgan fingerprint density at radius 1 is 1.18 bits per heavy atom. The van der Waals surface area contributed by atoms with Gasteiger partial charge in [0, 0.05) is 5.56 Å². The van der Waals surface area contributed by atoms with Crippen LogP contribution >= 0.6 is 11.8 Å². The predicted octanol–water partition coefficient (Wildman–Crippen LogP) is 2.89. The zero-order valence-electron chi connectivity index (χ0n) is 10.7. The van der Waals surface area contributed by atoms with Crippen LogP contribution in [0.3, 0.4) is 0 Å². The summed E-state index contributed by atoms with van der Waals surface area (Å²) in [7, 11) is 0. The first-order valence-electron chi connectivity index (χ1n) is 5.79. The largest absolute Gasteiger partial charge is 0.510 e. The molecule has 0 aliphatic carbocycles. The molecule has 1 aromatic rings. The van der Waals surface area contributed by atoms with E-state index in [1.807, 2.05) is 0 Å². The summed E-state index contributed by atoms with van der Waals surface area (Å²) in [6, 6.07) is 3.39. The van der Waals surface area contributed by atoms with Crippen LogP contribution in [0, 0.1) is 0 Å². The summed E-state index contributed by atoms with van der Waals surface area (Å²) in [6.07, 6.45) is -4.51. The number of hydrogen-bond acceptors (Lipinski definition) is 4. The number of thioether (sulfide) groups is 1. The lowest BCUT2D eigenvalue weighted by Gasteiger charge is -2.06. The zero-order valence-corrected chi connectivity index (χ0v) is 11.5. The molecule has 0 saturated heterocycles. The molecule has 0 spiro atoms. The van der Waals surface area contributed by atoms with Gasteiger partial charge in [-0.15, -0.1) is 0 Å². The first kappa shape index (κ1) is 16.1. The fraction of sp³-hybridized carbons (Fsp3) is 0.154. The number of halogens is 3. The minimum absolute atomic E-state index is 0.0270. The third-order valence-corrected chi connectivity index (χ3v) is 3.71. The molecule has 0 aromatic heterocycles. The number of nitrogens with zero attached hydrogens (tertiary/aromatic N) is 1. The van der Waals surface area contributed by atoms with E-state index in [2.05, 4.69) is 4.99 Å². The Morgan fingerprint density at radius 3 is 2.27 bits per heavy atom. The van der Waals surface area contributed by atoms with Crippen molar-refractivity contribution >= 4 is 28.7 Å². The van der Waals surface area contributed by atoms with E-state index in [-0.39, 0.29) is 16.4 Å². The molecule has 1 aromatic carbocycles. The van der Waals surface area contributed by atoms with Crippen LogP contribution in [0.5, 0.6) is 0 Å². The Balaban J connectivity index is 2.26. The fourth-order valence-corrected chi connectivity index (χ4v) is 2.58. The van der Waals surface area contributed by atoms with Crippen molar-refractivity contribution in [1.29, 1.82) is 0 Å². The lowest BCUT2D eigenvalue weighted by Crippen LogP contribution is -2.10. The summed E-state index contributed by atoms with van der Waals surface area (Å²) in [5.74, 6) is -2.75. The zero-order chi connectivity index (χ0) is 16.5. The van der Waals surface area contributed by atoms with E-state index >= 15 is 0 Å². The standard InChI is InChI=1S/C13H8F3NO4S/c14-13(15,16)7-3-1-6(2-4-7)10(19)17-11-9(12(20)21)8(18)5-22-11/h1-4,18H,5H2,(H,20,21). The molecule has 116 valence electrons. The van der Waals surface area contributed by atoms with Gasteiger partial charge in [-0.1, -0.05) is 11.8 Å². The van der Waals surface area contributed by atoms with Gasteiger partial charge in [0.1, 0.15) is 16.4 Å². The average molecular weight is 331 g/mol. The number of aliphatic hydroxyl groups excluding tert-OH is 1. The highest BCUT2D eigenvalue weighted by Gasteiger charge is 2.31. The summed E-state index contributed by atoms with van der Waals surface area (Å²) in [4.78, 5) is 26.4. The van der Waals surface area contributed by atoms with E-state index in [0.29, 0.717) is 0 Å². The normalized spacial score (nSPS) is 17.1. The Kier molecular flexibility index (Phi) is 4.27. The van der Waals surface area contributed by atoms with Crippen LogP contribution in [-0.2, 0) is 11.0 Å². The van der Waals surface area contributed by atoms with Gasteiger partial charge in [-0.3, -0.25) is 4.79 Å². The molecule has 2 N–H and O–H groups in total.